The lowest BCUT2D eigenvalue weighted by atomic mass is 10.0. The molecule has 0 radical (unpaired) electrons. The molecular weight excluding hydrogens is 358 g/mol. The highest BCUT2D eigenvalue weighted by molar-refractivity contribution is 6.30. The van der Waals surface area contributed by atoms with Gasteiger partial charge in [0.2, 0.25) is 5.91 Å². The van der Waals surface area contributed by atoms with Crippen molar-refractivity contribution in [2.75, 3.05) is 36.9 Å². The average molecular weight is 382 g/mol. The largest absolute Gasteiger partial charge is 0.367 e. The van der Waals surface area contributed by atoms with Crippen LogP contribution in [-0.4, -0.2) is 43.5 Å². The summed E-state index contributed by atoms with van der Waals surface area (Å²) >= 11 is 5.87. The molecular formula is C22H24ClN3O. The number of rotatable bonds is 4. The Labute approximate surface area is 165 Å². The summed E-state index contributed by atoms with van der Waals surface area (Å²) in [7, 11) is 2.20. The standard InChI is InChI=1S/C22H24ClN3O/c1-25-14-17-12-13-26(21(17)15-25)20-9-7-19(8-10-20)24-22(27)11-4-16-2-5-18(23)6-3-16/h2-11,17,21H,12-15H2,1H3,(H,24,27)/b11-4+/t17-,21+/m0/s1. The molecule has 2 aliphatic rings. The second-order valence-corrected chi connectivity index (χ2v) is 7.89. The van der Waals surface area contributed by atoms with Crippen LogP contribution < -0.4 is 10.2 Å². The van der Waals surface area contributed by atoms with Crippen LogP contribution in [0.4, 0.5) is 11.4 Å². The maximum absolute atomic E-state index is 12.1. The summed E-state index contributed by atoms with van der Waals surface area (Å²) in [5.74, 6) is 0.642. The van der Waals surface area contributed by atoms with Gasteiger partial charge in [0.15, 0.2) is 0 Å². The van der Waals surface area contributed by atoms with Gasteiger partial charge in [-0.25, -0.2) is 0 Å². The van der Waals surface area contributed by atoms with E-state index >= 15 is 0 Å². The van der Waals surface area contributed by atoms with Crippen molar-refractivity contribution in [3.8, 4) is 0 Å². The van der Waals surface area contributed by atoms with E-state index in [2.05, 4.69) is 34.3 Å². The smallest absolute Gasteiger partial charge is 0.248 e. The lowest BCUT2D eigenvalue weighted by Crippen LogP contribution is -2.34. The van der Waals surface area contributed by atoms with Crippen molar-refractivity contribution in [1.29, 1.82) is 0 Å². The van der Waals surface area contributed by atoms with Crippen molar-refractivity contribution in [3.63, 3.8) is 0 Å². The fourth-order valence-electron chi connectivity index (χ4n) is 4.16. The fourth-order valence-corrected chi connectivity index (χ4v) is 4.28. The van der Waals surface area contributed by atoms with Gasteiger partial charge >= 0.3 is 0 Å². The predicted molar refractivity (Wildman–Crippen MR) is 112 cm³/mol. The Hall–Kier alpha value is -2.30. The third-order valence-corrected chi connectivity index (χ3v) is 5.75. The average Bonchev–Trinajstić information content (AvgIpc) is 3.21. The summed E-state index contributed by atoms with van der Waals surface area (Å²) in [5.41, 5.74) is 2.99. The molecule has 4 rings (SSSR count). The third-order valence-electron chi connectivity index (χ3n) is 5.49. The van der Waals surface area contributed by atoms with Crippen LogP contribution in [0.5, 0.6) is 0 Å². The Morgan fingerprint density at radius 3 is 2.59 bits per heavy atom. The summed E-state index contributed by atoms with van der Waals surface area (Å²) in [6.07, 6.45) is 4.58. The minimum Gasteiger partial charge on any atom is -0.367 e. The van der Waals surface area contributed by atoms with Crippen LogP contribution in [0.1, 0.15) is 12.0 Å². The number of anilines is 2. The number of nitrogens with zero attached hydrogens (tertiary/aromatic N) is 2. The first-order chi connectivity index (χ1) is 13.1. The molecule has 0 unspecified atom stereocenters. The van der Waals surface area contributed by atoms with E-state index in [1.165, 1.54) is 24.7 Å². The number of carbonyl (C=O) groups is 1. The summed E-state index contributed by atoms with van der Waals surface area (Å²) in [6, 6.07) is 16.2. The van der Waals surface area contributed by atoms with Gasteiger partial charge in [-0.3, -0.25) is 4.79 Å². The number of hydrogen-bond acceptors (Lipinski definition) is 3. The number of amides is 1. The topological polar surface area (TPSA) is 35.6 Å². The van der Waals surface area contributed by atoms with Crippen LogP contribution in [0.25, 0.3) is 6.08 Å². The molecule has 1 N–H and O–H groups in total. The van der Waals surface area contributed by atoms with Gasteiger partial charge in [0, 0.05) is 48.1 Å². The summed E-state index contributed by atoms with van der Waals surface area (Å²) < 4.78 is 0. The number of likely N-dealkylation sites (tertiary alicyclic amines) is 1. The Balaban J connectivity index is 1.36. The zero-order valence-corrected chi connectivity index (χ0v) is 16.2. The number of likely N-dealkylation sites (N-methyl/N-ethyl adjacent to an activating group) is 1. The van der Waals surface area contributed by atoms with Crippen molar-refractivity contribution < 1.29 is 4.79 Å². The van der Waals surface area contributed by atoms with Gasteiger partial charge in [-0.15, -0.1) is 0 Å². The number of carbonyl (C=O) groups excluding carboxylic acids is 1. The van der Waals surface area contributed by atoms with Crippen LogP contribution in [0.15, 0.2) is 54.6 Å². The molecule has 27 heavy (non-hydrogen) atoms. The molecule has 4 nitrogen and oxygen atoms in total. The first-order valence-corrected chi connectivity index (χ1v) is 9.76. The molecule has 0 aliphatic carbocycles. The first kappa shape index (κ1) is 18.1. The molecule has 1 amide bonds. The monoisotopic (exact) mass is 381 g/mol. The van der Waals surface area contributed by atoms with Gasteiger partial charge in [-0.05, 0) is 67.4 Å². The molecule has 0 bridgehead atoms. The molecule has 0 aromatic heterocycles. The van der Waals surface area contributed by atoms with Crippen LogP contribution in [-0.2, 0) is 4.79 Å². The summed E-state index contributed by atoms with van der Waals surface area (Å²) in [6.45, 7) is 3.46. The van der Waals surface area contributed by atoms with E-state index in [0.29, 0.717) is 11.1 Å². The molecule has 0 saturated carbocycles. The zero-order chi connectivity index (χ0) is 18.8. The number of halogens is 1. The van der Waals surface area contributed by atoms with Crippen molar-refractivity contribution >= 4 is 35.0 Å². The van der Waals surface area contributed by atoms with E-state index in [9.17, 15) is 4.79 Å². The van der Waals surface area contributed by atoms with Gasteiger partial charge in [-0.2, -0.15) is 0 Å². The Kier molecular flexibility index (Phi) is 5.19. The van der Waals surface area contributed by atoms with Gasteiger partial charge in [0.05, 0.1) is 0 Å². The maximum Gasteiger partial charge on any atom is 0.248 e. The SMILES string of the molecule is CN1C[C@@H]2CCN(c3ccc(NC(=O)/C=C/c4ccc(Cl)cc4)cc3)[C@@H]2C1. The number of hydrogen-bond donors (Lipinski definition) is 1. The first-order valence-electron chi connectivity index (χ1n) is 9.38. The molecule has 140 valence electrons. The highest BCUT2D eigenvalue weighted by Crippen LogP contribution is 2.34. The van der Waals surface area contributed by atoms with Crippen molar-refractivity contribution in [1.82, 2.24) is 4.90 Å². The lowest BCUT2D eigenvalue weighted by molar-refractivity contribution is -0.111. The second kappa shape index (κ2) is 7.75. The van der Waals surface area contributed by atoms with E-state index in [1.807, 2.05) is 36.4 Å². The van der Waals surface area contributed by atoms with E-state index in [4.69, 9.17) is 11.6 Å². The molecule has 2 aromatic rings. The molecule has 2 heterocycles. The lowest BCUT2D eigenvalue weighted by Gasteiger charge is -2.26. The van der Waals surface area contributed by atoms with Gasteiger partial charge < -0.3 is 15.1 Å². The van der Waals surface area contributed by atoms with Crippen LogP contribution in [0.2, 0.25) is 5.02 Å². The minimum atomic E-state index is -0.142. The predicted octanol–water partition coefficient (Wildman–Crippen LogP) is 4.13. The highest BCUT2D eigenvalue weighted by atomic mass is 35.5. The zero-order valence-electron chi connectivity index (χ0n) is 15.4. The highest BCUT2D eigenvalue weighted by Gasteiger charge is 2.39. The maximum atomic E-state index is 12.1. The Morgan fingerprint density at radius 2 is 1.85 bits per heavy atom. The molecule has 5 heteroatoms. The van der Waals surface area contributed by atoms with E-state index < -0.39 is 0 Å². The van der Waals surface area contributed by atoms with E-state index in [-0.39, 0.29) is 5.91 Å². The second-order valence-electron chi connectivity index (χ2n) is 7.45. The minimum absolute atomic E-state index is 0.142. The van der Waals surface area contributed by atoms with Crippen LogP contribution in [0.3, 0.4) is 0 Å². The number of benzene rings is 2. The summed E-state index contributed by atoms with van der Waals surface area (Å²) in [5, 5.41) is 3.60. The van der Waals surface area contributed by atoms with Crippen molar-refractivity contribution in [2.24, 2.45) is 5.92 Å². The quantitative estimate of drug-likeness (QED) is 0.809. The fraction of sp³-hybridized carbons (Fsp3) is 0.318. The number of nitrogens with one attached hydrogen (secondary N) is 1. The van der Waals surface area contributed by atoms with Gasteiger partial charge in [-0.1, -0.05) is 23.7 Å². The number of fused-ring (bicyclic) bond motifs is 1. The normalized spacial score (nSPS) is 22.4. The van der Waals surface area contributed by atoms with Crippen molar-refractivity contribution in [3.05, 3.63) is 65.2 Å². The van der Waals surface area contributed by atoms with Gasteiger partial charge in [0.25, 0.3) is 0 Å². The van der Waals surface area contributed by atoms with Crippen LogP contribution >= 0.6 is 11.6 Å². The third kappa shape index (κ3) is 4.18. The van der Waals surface area contributed by atoms with E-state index in [0.717, 1.165) is 30.3 Å². The Morgan fingerprint density at radius 1 is 1.11 bits per heavy atom. The summed E-state index contributed by atoms with van der Waals surface area (Å²) in [4.78, 5) is 17.1. The molecule has 2 fully saturated rings. The molecule has 2 aromatic carbocycles. The van der Waals surface area contributed by atoms with Gasteiger partial charge in [0.1, 0.15) is 0 Å². The Bertz CT molecular complexity index is 832. The molecule has 2 atom stereocenters. The van der Waals surface area contributed by atoms with E-state index in [1.54, 1.807) is 6.08 Å². The molecule has 0 spiro atoms. The molecule has 2 saturated heterocycles. The van der Waals surface area contributed by atoms with Crippen molar-refractivity contribution in [2.45, 2.75) is 12.5 Å². The van der Waals surface area contributed by atoms with Crippen LogP contribution in [0, 0.1) is 5.92 Å². The molecule has 2 aliphatic heterocycles.